The minimum absolute atomic E-state index is 0.0471. The van der Waals surface area contributed by atoms with E-state index in [4.69, 9.17) is 9.47 Å². The molecule has 144 valence electrons. The number of aliphatic hydroxyl groups is 1. The lowest BCUT2D eigenvalue weighted by molar-refractivity contribution is -0.0632. The first-order valence-corrected chi connectivity index (χ1v) is 9.29. The standard InChI is InChI=1S/C22H27NO4/c1-4-23-14-13-22(25,17-7-11-19(27-3)12-8-17)20(15-23)21(24)16-5-9-18(26-2)10-6-16/h5-12,20,25H,4,13-15H2,1-3H3. The zero-order valence-corrected chi connectivity index (χ0v) is 16.1. The molecule has 2 atom stereocenters. The fourth-order valence-electron chi connectivity index (χ4n) is 3.77. The average Bonchev–Trinajstić information content (AvgIpc) is 2.73. The molecule has 2 aromatic carbocycles. The van der Waals surface area contributed by atoms with Gasteiger partial charge in [-0.05, 0) is 54.9 Å². The van der Waals surface area contributed by atoms with Crippen molar-refractivity contribution in [2.24, 2.45) is 5.92 Å². The molecule has 0 amide bonds. The predicted octanol–water partition coefficient (Wildman–Crippen LogP) is 3.12. The summed E-state index contributed by atoms with van der Waals surface area (Å²) in [6.07, 6.45) is 0.514. The molecule has 1 aliphatic heterocycles. The smallest absolute Gasteiger partial charge is 0.170 e. The van der Waals surface area contributed by atoms with Crippen molar-refractivity contribution in [3.8, 4) is 11.5 Å². The Labute approximate surface area is 160 Å². The third-order valence-corrected chi connectivity index (χ3v) is 5.55. The first-order chi connectivity index (χ1) is 13.0. The van der Waals surface area contributed by atoms with Crippen molar-refractivity contribution in [3.63, 3.8) is 0 Å². The molecule has 3 rings (SSSR count). The average molecular weight is 369 g/mol. The maximum atomic E-state index is 13.3. The van der Waals surface area contributed by atoms with Gasteiger partial charge in [0.05, 0.1) is 20.1 Å². The summed E-state index contributed by atoms with van der Waals surface area (Å²) >= 11 is 0. The zero-order valence-electron chi connectivity index (χ0n) is 16.1. The summed E-state index contributed by atoms with van der Waals surface area (Å²) in [5.74, 6) is 0.851. The molecule has 0 aliphatic carbocycles. The van der Waals surface area contributed by atoms with Gasteiger partial charge in [-0.2, -0.15) is 0 Å². The Kier molecular flexibility index (Phi) is 5.82. The van der Waals surface area contributed by atoms with Gasteiger partial charge in [0.15, 0.2) is 5.78 Å². The molecule has 27 heavy (non-hydrogen) atoms. The SMILES string of the molecule is CCN1CCC(O)(c2ccc(OC)cc2)C(C(=O)c2ccc(OC)cc2)C1. The molecular weight excluding hydrogens is 342 g/mol. The van der Waals surface area contributed by atoms with Crippen LogP contribution < -0.4 is 9.47 Å². The molecule has 0 spiro atoms. The predicted molar refractivity (Wildman–Crippen MR) is 104 cm³/mol. The Morgan fingerprint density at radius 2 is 1.63 bits per heavy atom. The Morgan fingerprint density at radius 3 is 2.15 bits per heavy atom. The van der Waals surface area contributed by atoms with Crippen LogP contribution in [0.25, 0.3) is 0 Å². The quantitative estimate of drug-likeness (QED) is 0.793. The second-order valence-electron chi connectivity index (χ2n) is 6.94. The van der Waals surface area contributed by atoms with Gasteiger partial charge < -0.3 is 19.5 Å². The van der Waals surface area contributed by atoms with Gasteiger partial charge in [-0.1, -0.05) is 19.1 Å². The Bertz CT molecular complexity index is 772. The number of carbonyl (C=O) groups excluding carboxylic acids is 1. The van der Waals surface area contributed by atoms with E-state index in [1.54, 1.807) is 38.5 Å². The molecule has 2 unspecified atom stereocenters. The molecule has 0 bridgehead atoms. The first-order valence-electron chi connectivity index (χ1n) is 9.29. The highest BCUT2D eigenvalue weighted by Gasteiger charge is 2.46. The largest absolute Gasteiger partial charge is 0.497 e. The molecule has 1 N–H and O–H groups in total. The molecule has 2 aromatic rings. The second kappa shape index (κ2) is 8.11. The zero-order chi connectivity index (χ0) is 19.4. The lowest BCUT2D eigenvalue weighted by Gasteiger charge is -2.44. The molecular formula is C22H27NO4. The van der Waals surface area contributed by atoms with Gasteiger partial charge in [0.2, 0.25) is 0 Å². The van der Waals surface area contributed by atoms with Crippen molar-refractivity contribution in [2.45, 2.75) is 18.9 Å². The number of benzene rings is 2. The van der Waals surface area contributed by atoms with E-state index < -0.39 is 11.5 Å². The lowest BCUT2D eigenvalue weighted by Crippen LogP contribution is -2.53. The molecule has 1 fully saturated rings. The van der Waals surface area contributed by atoms with E-state index in [1.807, 2.05) is 24.3 Å². The van der Waals surface area contributed by atoms with Crippen molar-refractivity contribution in [1.29, 1.82) is 0 Å². The van der Waals surface area contributed by atoms with E-state index in [1.165, 1.54) is 0 Å². The van der Waals surface area contributed by atoms with Crippen molar-refractivity contribution in [2.75, 3.05) is 33.9 Å². The van der Waals surface area contributed by atoms with Gasteiger partial charge in [-0.25, -0.2) is 0 Å². The molecule has 5 heteroatoms. The van der Waals surface area contributed by atoms with E-state index in [-0.39, 0.29) is 5.78 Å². The van der Waals surface area contributed by atoms with Crippen molar-refractivity contribution < 1.29 is 19.4 Å². The number of nitrogens with zero attached hydrogens (tertiary/aromatic N) is 1. The molecule has 0 aromatic heterocycles. The van der Waals surface area contributed by atoms with Crippen LogP contribution in [-0.2, 0) is 5.60 Å². The molecule has 0 saturated carbocycles. The van der Waals surface area contributed by atoms with Crippen molar-refractivity contribution in [3.05, 3.63) is 59.7 Å². The van der Waals surface area contributed by atoms with E-state index >= 15 is 0 Å². The first kappa shape index (κ1) is 19.4. The summed E-state index contributed by atoms with van der Waals surface area (Å²) < 4.78 is 10.4. The normalized spacial score (nSPS) is 23.0. The van der Waals surface area contributed by atoms with Crippen LogP contribution in [0.1, 0.15) is 29.3 Å². The third-order valence-electron chi connectivity index (χ3n) is 5.55. The number of hydrogen-bond acceptors (Lipinski definition) is 5. The number of carbonyl (C=O) groups is 1. The highest BCUT2D eigenvalue weighted by molar-refractivity contribution is 5.99. The Balaban J connectivity index is 1.95. The van der Waals surface area contributed by atoms with Crippen LogP contribution in [0, 0.1) is 5.92 Å². The van der Waals surface area contributed by atoms with Crippen molar-refractivity contribution >= 4 is 5.78 Å². The summed E-state index contributed by atoms with van der Waals surface area (Å²) in [7, 11) is 3.21. The topological polar surface area (TPSA) is 59.0 Å². The maximum absolute atomic E-state index is 13.3. The number of piperidine rings is 1. The van der Waals surface area contributed by atoms with Crippen LogP contribution in [0.5, 0.6) is 11.5 Å². The lowest BCUT2D eigenvalue weighted by atomic mass is 9.72. The fourth-order valence-corrected chi connectivity index (χ4v) is 3.77. The van der Waals surface area contributed by atoms with Crippen LogP contribution >= 0.6 is 0 Å². The van der Waals surface area contributed by atoms with Gasteiger partial charge >= 0.3 is 0 Å². The van der Waals surface area contributed by atoms with Gasteiger partial charge in [-0.3, -0.25) is 4.79 Å². The molecule has 0 radical (unpaired) electrons. The molecule has 5 nitrogen and oxygen atoms in total. The van der Waals surface area contributed by atoms with Gasteiger partial charge in [0, 0.05) is 18.7 Å². The summed E-state index contributed by atoms with van der Waals surface area (Å²) in [6, 6.07) is 14.5. The Morgan fingerprint density at radius 1 is 1.07 bits per heavy atom. The highest BCUT2D eigenvalue weighted by atomic mass is 16.5. The van der Waals surface area contributed by atoms with Crippen LogP contribution in [0.4, 0.5) is 0 Å². The fraction of sp³-hybridized carbons (Fsp3) is 0.409. The summed E-state index contributed by atoms with van der Waals surface area (Å²) in [5.41, 5.74) is 0.145. The molecule has 1 aliphatic rings. The minimum Gasteiger partial charge on any atom is -0.497 e. The summed E-state index contributed by atoms with van der Waals surface area (Å²) in [6.45, 7) is 4.22. The maximum Gasteiger partial charge on any atom is 0.170 e. The number of methoxy groups -OCH3 is 2. The van der Waals surface area contributed by atoms with Crippen LogP contribution in [0.2, 0.25) is 0 Å². The number of hydrogen-bond donors (Lipinski definition) is 1. The van der Waals surface area contributed by atoms with E-state index in [9.17, 15) is 9.90 Å². The minimum atomic E-state index is -1.20. The highest BCUT2D eigenvalue weighted by Crippen LogP contribution is 2.40. The number of Topliss-reactive ketones (excluding diaryl/α,β-unsaturated/α-hetero) is 1. The second-order valence-corrected chi connectivity index (χ2v) is 6.94. The monoisotopic (exact) mass is 369 g/mol. The third kappa shape index (κ3) is 3.84. The summed E-state index contributed by atoms with van der Waals surface area (Å²) in [5, 5.41) is 11.6. The van der Waals surface area contributed by atoms with E-state index in [0.29, 0.717) is 24.3 Å². The Hall–Kier alpha value is -2.37. The van der Waals surface area contributed by atoms with Crippen molar-refractivity contribution in [1.82, 2.24) is 4.90 Å². The van der Waals surface area contributed by atoms with Crippen LogP contribution in [-0.4, -0.2) is 49.6 Å². The van der Waals surface area contributed by atoms with E-state index in [0.717, 1.165) is 24.4 Å². The molecule has 1 saturated heterocycles. The molecule has 1 heterocycles. The van der Waals surface area contributed by atoms with Gasteiger partial charge in [-0.15, -0.1) is 0 Å². The number of ether oxygens (including phenoxy) is 2. The van der Waals surface area contributed by atoms with Gasteiger partial charge in [0.1, 0.15) is 17.1 Å². The van der Waals surface area contributed by atoms with Gasteiger partial charge in [0.25, 0.3) is 0 Å². The number of rotatable bonds is 6. The number of likely N-dealkylation sites (tertiary alicyclic amines) is 1. The summed E-state index contributed by atoms with van der Waals surface area (Å²) in [4.78, 5) is 15.5. The van der Waals surface area contributed by atoms with Crippen LogP contribution in [0.3, 0.4) is 0 Å². The van der Waals surface area contributed by atoms with E-state index in [2.05, 4.69) is 11.8 Å². The number of ketones is 1. The van der Waals surface area contributed by atoms with Crippen LogP contribution in [0.15, 0.2) is 48.5 Å².